The van der Waals surface area contributed by atoms with Crippen LogP contribution in [0.25, 0.3) is 10.2 Å². The molecule has 0 amide bonds. The van der Waals surface area contributed by atoms with Gasteiger partial charge in [-0.1, -0.05) is 12.1 Å². The molecule has 3 heterocycles. The van der Waals surface area contributed by atoms with Crippen molar-refractivity contribution in [3.63, 3.8) is 0 Å². The topological polar surface area (TPSA) is 61.2 Å². The van der Waals surface area contributed by atoms with Gasteiger partial charge in [0, 0.05) is 18.5 Å². The van der Waals surface area contributed by atoms with E-state index >= 15 is 0 Å². The molecule has 134 valence electrons. The summed E-state index contributed by atoms with van der Waals surface area (Å²) < 4.78 is 7.10. The Bertz CT molecular complexity index is 1060. The first-order chi connectivity index (χ1) is 12.5. The second-order valence-corrected chi connectivity index (χ2v) is 7.78. The summed E-state index contributed by atoms with van der Waals surface area (Å²) in [5.41, 5.74) is 4.01. The van der Waals surface area contributed by atoms with Gasteiger partial charge < -0.3 is 4.74 Å². The largest absolute Gasteiger partial charge is 0.493 e. The first-order valence-corrected chi connectivity index (χ1v) is 9.53. The lowest BCUT2D eigenvalue weighted by Crippen LogP contribution is -2.19. The third-order valence-electron chi connectivity index (χ3n) is 4.72. The normalized spacial score (nSPS) is 13.0. The summed E-state index contributed by atoms with van der Waals surface area (Å²) in [5, 5.41) is 0.629. The Morgan fingerprint density at radius 3 is 3.00 bits per heavy atom. The Labute approximate surface area is 155 Å². The summed E-state index contributed by atoms with van der Waals surface area (Å²) in [6.07, 6.45) is 2.02. The van der Waals surface area contributed by atoms with Gasteiger partial charge in [-0.3, -0.25) is 13.5 Å². The molecule has 2 aromatic heterocycles. The number of rotatable bonds is 5. The van der Waals surface area contributed by atoms with E-state index in [4.69, 9.17) is 4.74 Å². The number of Topliss-reactive ketones (excluding diaryl/α,β-unsaturated/α-hetero) is 1. The highest BCUT2D eigenvalue weighted by molar-refractivity contribution is 7.13. The zero-order valence-electron chi connectivity index (χ0n) is 14.9. The van der Waals surface area contributed by atoms with E-state index in [9.17, 15) is 9.59 Å². The molecule has 1 aliphatic rings. The summed E-state index contributed by atoms with van der Waals surface area (Å²) in [4.78, 5) is 30.1. The van der Waals surface area contributed by atoms with E-state index in [1.54, 1.807) is 0 Å². The Balaban J connectivity index is 1.47. The smallest absolute Gasteiger partial charge is 0.270 e. The average Bonchev–Trinajstić information content (AvgIpc) is 3.17. The standard InChI is InChI=1S/C20H20N2O3S/c1-12-9-13(2)21-19-18(12)20(24)22(26-19)11-16(23)6-4-14-3-5-15-7-8-25-17(15)10-14/h3,5,9-10H,4,6-8,11H2,1-2H3. The highest BCUT2D eigenvalue weighted by Crippen LogP contribution is 2.26. The van der Waals surface area contributed by atoms with Crippen LogP contribution in [0.3, 0.4) is 0 Å². The molecule has 4 rings (SSSR count). The highest BCUT2D eigenvalue weighted by atomic mass is 32.1. The van der Waals surface area contributed by atoms with Crippen molar-refractivity contribution in [3.05, 3.63) is 57.0 Å². The van der Waals surface area contributed by atoms with E-state index in [0.29, 0.717) is 23.1 Å². The zero-order valence-corrected chi connectivity index (χ0v) is 15.7. The van der Waals surface area contributed by atoms with Gasteiger partial charge in [0.1, 0.15) is 10.6 Å². The summed E-state index contributed by atoms with van der Waals surface area (Å²) in [5.74, 6) is 0.988. The van der Waals surface area contributed by atoms with Crippen molar-refractivity contribution in [2.45, 2.75) is 39.7 Å². The second-order valence-electron chi connectivity index (χ2n) is 6.77. The van der Waals surface area contributed by atoms with Gasteiger partial charge in [0.15, 0.2) is 5.78 Å². The minimum Gasteiger partial charge on any atom is -0.493 e. The van der Waals surface area contributed by atoms with Gasteiger partial charge in [0.25, 0.3) is 5.56 Å². The highest BCUT2D eigenvalue weighted by Gasteiger charge is 2.15. The van der Waals surface area contributed by atoms with E-state index in [-0.39, 0.29) is 17.9 Å². The fourth-order valence-corrected chi connectivity index (χ4v) is 4.51. The first kappa shape index (κ1) is 17.0. The molecule has 0 saturated carbocycles. The Kier molecular flexibility index (Phi) is 4.36. The van der Waals surface area contributed by atoms with Gasteiger partial charge >= 0.3 is 0 Å². The number of nitrogens with zero attached hydrogens (tertiary/aromatic N) is 2. The number of pyridine rings is 1. The van der Waals surface area contributed by atoms with Crippen molar-refractivity contribution >= 4 is 27.5 Å². The van der Waals surface area contributed by atoms with Crippen LogP contribution in [0.5, 0.6) is 5.75 Å². The third kappa shape index (κ3) is 3.17. The maximum Gasteiger partial charge on any atom is 0.270 e. The monoisotopic (exact) mass is 368 g/mol. The van der Waals surface area contributed by atoms with E-state index in [2.05, 4.69) is 17.1 Å². The van der Waals surface area contributed by atoms with E-state index in [1.807, 2.05) is 26.0 Å². The van der Waals surface area contributed by atoms with E-state index in [0.717, 1.165) is 35.6 Å². The average molecular weight is 368 g/mol. The molecule has 0 saturated heterocycles. The molecule has 0 aliphatic carbocycles. The molecule has 0 bridgehead atoms. The van der Waals surface area contributed by atoms with Crippen LogP contribution in [0.2, 0.25) is 0 Å². The van der Waals surface area contributed by atoms with Gasteiger partial charge in [0.2, 0.25) is 0 Å². The SMILES string of the molecule is Cc1cc(C)c2c(=O)n(CC(=O)CCc3ccc4c(c3)OCC4)sc2n1. The lowest BCUT2D eigenvalue weighted by Gasteiger charge is -2.04. The van der Waals surface area contributed by atoms with Crippen LogP contribution in [0.1, 0.15) is 28.8 Å². The molecule has 0 atom stereocenters. The van der Waals surface area contributed by atoms with Crippen LogP contribution in [0.15, 0.2) is 29.1 Å². The summed E-state index contributed by atoms with van der Waals surface area (Å²) in [6.45, 7) is 4.67. The molecule has 5 nitrogen and oxygen atoms in total. The lowest BCUT2D eigenvalue weighted by molar-refractivity contribution is -0.119. The molecule has 0 fully saturated rings. The number of hydrogen-bond donors (Lipinski definition) is 0. The fourth-order valence-electron chi connectivity index (χ4n) is 3.39. The van der Waals surface area contributed by atoms with Crippen molar-refractivity contribution in [1.82, 2.24) is 8.94 Å². The Hall–Kier alpha value is -2.47. The Morgan fingerprint density at radius 2 is 2.15 bits per heavy atom. The molecule has 3 aromatic rings. The number of ketones is 1. The van der Waals surface area contributed by atoms with Crippen molar-refractivity contribution in [2.75, 3.05) is 6.61 Å². The number of ether oxygens (including phenoxy) is 1. The number of aryl methyl sites for hydroxylation is 3. The third-order valence-corrected chi connectivity index (χ3v) is 5.71. The van der Waals surface area contributed by atoms with Crippen LogP contribution >= 0.6 is 11.5 Å². The van der Waals surface area contributed by atoms with Crippen LogP contribution in [-0.4, -0.2) is 21.3 Å². The quantitative estimate of drug-likeness (QED) is 0.694. The van der Waals surface area contributed by atoms with Gasteiger partial charge in [-0.15, -0.1) is 0 Å². The second kappa shape index (κ2) is 6.68. The van der Waals surface area contributed by atoms with Crippen molar-refractivity contribution < 1.29 is 9.53 Å². The number of hydrogen-bond acceptors (Lipinski definition) is 5. The van der Waals surface area contributed by atoms with Crippen molar-refractivity contribution in [1.29, 1.82) is 0 Å². The molecular weight excluding hydrogens is 348 g/mol. The molecule has 1 aromatic carbocycles. The number of benzene rings is 1. The maximum atomic E-state index is 12.6. The molecule has 0 spiro atoms. The predicted molar refractivity (Wildman–Crippen MR) is 102 cm³/mol. The number of carbonyl (C=O) groups is 1. The van der Waals surface area contributed by atoms with Crippen LogP contribution in [-0.2, 0) is 24.2 Å². The van der Waals surface area contributed by atoms with Gasteiger partial charge in [0.05, 0.1) is 18.5 Å². The van der Waals surface area contributed by atoms with Crippen LogP contribution in [0, 0.1) is 13.8 Å². The van der Waals surface area contributed by atoms with Crippen LogP contribution in [0.4, 0.5) is 0 Å². The van der Waals surface area contributed by atoms with E-state index in [1.165, 1.54) is 21.1 Å². The lowest BCUT2D eigenvalue weighted by atomic mass is 10.0. The zero-order chi connectivity index (χ0) is 18.3. The summed E-state index contributed by atoms with van der Waals surface area (Å²) >= 11 is 1.27. The molecule has 6 heteroatoms. The van der Waals surface area contributed by atoms with Gasteiger partial charge in [-0.05, 0) is 60.6 Å². The molecule has 0 N–H and O–H groups in total. The summed E-state index contributed by atoms with van der Waals surface area (Å²) in [6, 6.07) is 8.06. The minimum atomic E-state index is -0.116. The van der Waals surface area contributed by atoms with Gasteiger partial charge in [-0.25, -0.2) is 4.98 Å². The molecular formula is C20H20N2O3S. The number of carbonyl (C=O) groups excluding carboxylic acids is 1. The molecule has 0 radical (unpaired) electrons. The minimum absolute atomic E-state index is 0.0504. The maximum absolute atomic E-state index is 12.6. The number of fused-ring (bicyclic) bond motifs is 2. The van der Waals surface area contributed by atoms with Gasteiger partial charge in [-0.2, -0.15) is 0 Å². The molecule has 1 aliphatic heterocycles. The van der Waals surface area contributed by atoms with Crippen molar-refractivity contribution in [2.24, 2.45) is 0 Å². The van der Waals surface area contributed by atoms with Crippen molar-refractivity contribution in [3.8, 4) is 5.75 Å². The Morgan fingerprint density at radius 1 is 1.31 bits per heavy atom. The molecule has 0 unspecified atom stereocenters. The fraction of sp³-hybridized carbons (Fsp3) is 0.350. The van der Waals surface area contributed by atoms with E-state index < -0.39 is 0 Å². The molecule has 26 heavy (non-hydrogen) atoms. The van der Waals surface area contributed by atoms with Crippen LogP contribution < -0.4 is 10.3 Å². The predicted octanol–water partition coefficient (Wildman–Crippen LogP) is 3.21. The summed E-state index contributed by atoms with van der Waals surface area (Å²) in [7, 11) is 0. The number of aromatic nitrogens is 2. The first-order valence-electron chi connectivity index (χ1n) is 8.75.